The first-order chi connectivity index (χ1) is 15.0. The number of ketones is 1. The standard InChI is InChI=1S/C22H28O3.3CO.Fe/c1-22(2)18-10-8-17(21(22)12-18)9-11-19(23)13-20(24)15-25-14-16-6-4-3-5-7-16;3*1-2;/h3-9,11,18,20-21,24H,10,12-15H2,1-2H3;;;;/b11-9+;;;;/t18-,20-,21-;;;;/m0..../s1. The Morgan fingerprint density at radius 3 is 2.31 bits per heavy atom. The van der Waals surface area contributed by atoms with Crippen LogP contribution in [-0.4, -0.2) is 23.6 Å². The Bertz CT molecular complexity index is 777. The van der Waals surface area contributed by atoms with E-state index in [0.717, 1.165) is 17.9 Å². The molecule has 0 unspecified atom stereocenters. The number of aliphatic hydroxyl groups is 1. The van der Waals surface area contributed by atoms with Gasteiger partial charge in [0.25, 0.3) is 0 Å². The van der Waals surface area contributed by atoms with Gasteiger partial charge in [-0.25, -0.2) is 0 Å². The summed E-state index contributed by atoms with van der Waals surface area (Å²) in [5, 5.41) is 9.98. The number of ether oxygens (including phenoxy) is 1. The minimum atomic E-state index is -0.759. The Hall–Kier alpha value is -1.97. The molecule has 1 saturated carbocycles. The second-order valence-corrected chi connectivity index (χ2v) is 7.90. The first-order valence-electron chi connectivity index (χ1n) is 9.78. The maximum absolute atomic E-state index is 12.1. The van der Waals surface area contributed by atoms with Crippen molar-refractivity contribution in [1.82, 2.24) is 0 Å². The van der Waals surface area contributed by atoms with E-state index in [1.807, 2.05) is 36.4 Å². The van der Waals surface area contributed by atoms with Crippen LogP contribution in [0, 0.1) is 37.2 Å². The van der Waals surface area contributed by atoms with Crippen LogP contribution in [0.15, 0.2) is 54.1 Å². The molecule has 1 aromatic carbocycles. The van der Waals surface area contributed by atoms with E-state index >= 15 is 0 Å². The van der Waals surface area contributed by atoms with Crippen molar-refractivity contribution in [2.45, 2.75) is 45.8 Å². The smallest absolute Gasteiger partial charge is 0 e. The summed E-state index contributed by atoms with van der Waals surface area (Å²) < 4.78 is 28.0. The van der Waals surface area contributed by atoms with Gasteiger partial charge in [-0.2, -0.15) is 0 Å². The molecule has 0 radical (unpaired) electrons. The van der Waals surface area contributed by atoms with Gasteiger partial charge in [0.1, 0.15) is 0 Å². The SMILES string of the molecule is CC1(C)[C@H]2CC=C(/C=C/C(=O)C[C@H](O)COCc3ccccc3)[C@@H]1C2.[C-]#[O+].[C-]#[O+].[C-]#[O+].[Fe]. The Morgan fingerprint density at radius 1 is 1.19 bits per heavy atom. The minimum Gasteiger partial charge on any atom is 0 e. The molecule has 2 bridgehead atoms. The monoisotopic (exact) mass is 480 g/mol. The molecule has 1 aromatic rings. The summed E-state index contributed by atoms with van der Waals surface area (Å²) in [5.74, 6) is 1.33. The number of hydrogen-bond donors (Lipinski definition) is 1. The topological polar surface area (TPSA) is 106 Å². The van der Waals surface area contributed by atoms with Crippen molar-refractivity contribution in [3.8, 4) is 0 Å². The van der Waals surface area contributed by atoms with Crippen molar-refractivity contribution in [1.29, 1.82) is 0 Å². The molecule has 0 saturated heterocycles. The van der Waals surface area contributed by atoms with Gasteiger partial charge in [0.05, 0.1) is 19.3 Å². The number of fused-ring (bicyclic) bond motifs is 1. The first kappa shape index (κ1) is 32.2. The summed E-state index contributed by atoms with van der Waals surface area (Å²) >= 11 is 0. The number of hydrogen-bond acceptors (Lipinski definition) is 3. The molecule has 0 spiro atoms. The summed E-state index contributed by atoms with van der Waals surface area (Å²) in [4.78, 5) is 12.1. The third kappa shape index (κ3) is 9.67. The quantitative estimate of drug-likeness (QED) is 0.264. The molecule has 7 heteroatoms. The van der Waals surface area contributed by atoms with E-state index in [-0.39, 0.29) is 35.9 Å². The summed E-state index contributed by atoms with van der Waals surface area (Å²) in [6, 6.07) is 9.81. The third-order valence-electron chi connectivity index (χ3n) is 5.83. The maximum atomic E-state index is 12.1. The van der Waals surface area contributed by atoms with Crippen LogP contribution in [0.4, 0.5) is 0 Å². The zero-order chi connectivity index (χ0) is 23.9. The molecular formula is C25H28FeO6. The predicted octanol–water partition coefficient (Wildman–Crippen LogP) is 3.96. The Balaban J connectivity index is 0. The molecule has 1 fully saturated rings. The van der Waals surface area contributed by atoms with Gasteiger partial charge < -0.3 is 9.84 Å². The number of benzene rings is 1. The molecule has 3 aliphatic rings. The largest absolute Gasteiger partial charge is 0 e. The zero-order valence-corrected chi connectivity index (χ0v) is 19.3. The Morgan fingerprint density at radius 2 is 1.78 bits per heavy atom. The fraction of sp³-hybridized carbons (Fsp3) is 0.440. The van der Waals surface area contributed by atoms with Crippen molar-refractivity contribution >= 4 is 5.78 Å². The third-order valence-corrected chi connectivity index (χ3v) is 5.83. The predicted molar refractivity (Wildman–Crippen MR) is 111 cm³/mol. The van der Waals surface area contributed by atoms with E-state index in [1.165, 1.54) is 12.0 Å². The molecule has 0 heterocycles. The van der Waals surface area contributed by atoms with E-state index < -0.39 is 6.10 Å². The van der Waals surface area contributed by atoms with Crippen LogP contribution in [0.25, 0.3) is 0 Å². The van der Waals surface area contributed by atoms with Crippen LogP contribution in [0.2, 0.25) is 0 Å². The summed E-state index contributed by atoms with van der Waals surface area (Å²) in [7, 11) is 0. The van der Waals surface area contributed by atoms with E-state index in [4.69, 9.17) is 18.7 Å². The molecule has 1 N–H and O–H groups in total. The molecule has 3 aliphatic carbocycles. The Labute approximate surface area is 200 Å². The first-order valence-corrected chi connectivity index (χ1v) is 9.78. The van der Waals surface area contributed by atoms with Gasteiger partial charge in [-0.05, 0) is 47.3 Å². The molecule has 0 aromatic heterocycles. The second-order valence-electron chi connectivity index (χ2n) is 7.90. The van der Waals surface area contributed by atoms with Crippen LogP contribution in [0.1, 0.15) is 38.7 Å². The van der Waals surface area contributed by atoms with E-state index in [9.17, 15) is 9.90 Å². The number of rotatable bonds is 8. The molecule has 0 amide bonds. The van der Waals surface area contributed by atoms with Crippen LogP contribution in [-0.2, 0) is 47.2 Å². The van der Waals surface area contributed by atoms with E-state index in [1.54, 1.807) is 6.08 Å². The second kappa shape index (κ2) is 17.6. The van der Waals surface area contributed by atoms with Crippen LogP contribution >= 0.6 is 0 Å². The summed E-state index contributed by atoms with van der Waals surface area (Å²) in [6.07, 6.45) is 7.57. The minimum absolute atomic E-state index is 0. The van der Waals surface area contributed by atoms with Crippen LogP contribution in [0.5, 0.6) is 0 Å². The molecular weight excluding hydrogens is 452 g/mol. The van der Waals surface area contributed by atoms with Gasteiger partial charge in [0.15, 0.2) is 5.78 Å². The number of allylic oxidation sites excluding steroid dienone is 4. The Kier molecular flexibility index (Phi) is 17.7. The number of aliphatic hydroxyl groups excluding tert-OH is 1. The van der Waals surface area contributed by atoms with Crippen molar-refractivity contribution in [2.75, 3.05) is 6.61 Å². The zero-order valence-electron chi connectivity index (χ0n) is 18.2. The molecule has 0 aliphatic heterocycles. The van der Waals surface area contributed by atoms with Crippen molar-refractivity contribution in [3.05, 3.63) is 79.6 Å². The van der Waals surface area contributed by atoms with Gasteiger partial charge in [-0.3, -0.25) is 4.79 Å². The van der Waals surface area contributed by atoms with Crippen molar-refractivity contribution in [3.63, 3.8) is 0 Å². The number of carbonyl (C=O) groups is 1. The maximum Gasteiger partial charge on any atom is 0 e. The van der Waals surface area contributed by atoms with Gasteiger partial charge in [0.2, 0.25) is 0 Å². The van der Waals surface area contributed by atoms with E-state index in [0.29, 0.717) is 17.9 Å². The molecule has 6 nitrogen and oxygen atoms in total. The van der Waals surface area contributed by atoms with Crippen LogP contribution in [0.3, 0.4) is 0 Å². The van der Waals surface area contributed by atoms with Crippen molar-refractivity contribution < 1.29 is 45.7 Å². The molecule has 32 heavy (non-hydrogen) atoms. The molecule has 172 valence electrons. The van der Waals surface area contributed by atoms with Gasteiger partial charge in [0, 0.05) is 23.5 Å². The fourth-order valence-electron chi connectivity index (χ4n) is 4.02. The van der Waals surface area contributed by atoms with E-state index in [2.05, 4.69) is 39.9 Å². The van der Waals surface area contributed by atoms with Gasteiger partial charge >= 0.3 is 33.9 Å². The molecule has 4 rings (SSSR count). The normalized spacial score (nSPS) is 20.0. The van der Waals surface area contributed by atoms with Crippen molar-refractivity contribution in [2.24, 2.45) is 17.3 Å². The average molecular weight is 480 g/mol. The summed E-state index contributed by atoms with van der Waals surface area (Å²) in [5.41, 5.74) is 2.71. The molecule has 3 atom stereocenters. The summed E-state index contributed by atoms with van der Waals surface area (Å²) in [6.45, 7) is 18.8. The van der Waals surface area contributed by atoms with Crippen LogP contribution < -0.4 is 0 Å². The average Bonchev–Trinajstić information content (AvgIpc) is 2.82. The number of carbonyl (C=O) groups excluding carboxylic acids is 1. The fourth-order valence-corrected chi connectivity index (χ4v) is 4.02. The van der Waals surface area contributed by atoms with Gasteiger partial charge in [-0.15, -0.1) is 0 Å². The van der Waals surface area contributed by atoms with Gasteiger partial charge in [-0.1, -0.05) is 56.3 Å².